The summed E-state index contributed by atoms with van der Waals surface area (Å²) in [6.45, 7) is 4.89. The maximum atomic E-state index is 14.1. The number of nitrogens with zero attached hydrogens (tertiary/aromatic N) is 4. The van der Waals surface area contributed by atoms with Crippen molar-refractivity contribution in [3.05, 3.63) is 47.8 Å². The first-order valence-corrected chi connectivity index (χ1v) is 10.9. The van der Waals surface area contributed by atoms with Crippen LogP contribution in [0.2, 0.25) is 0 Å². The summed E-state index contributed by atoms with van der Waals surface area (Å²) in [5.74, 6) is 0.104. The molecule has 184 valence electrons. The number of rotatable bonds is 9. The Kier molecular flexibility index (Phi) is 7.45. The highest BCUT2D eigenvalue weighted by molar-refractivity contribution is 5.99. The van der Waals surface area contributed by atoms with Crippen molar-refractivity contribution in [3.63, 3.8) is 0 Å². The topological polar surface area (TPSA) is 136 Å². The van der Waals surface area contributed by atoms with Gasteiger partial charge in [0.05, 0.1) is 40.0 Å². The number of hydrogen-bond donors (Lipinski definition) is 4. The Bertz CT molecular complexity index is 1260. The molecule has 3 aromatic rings. The van der Waals surface area contributed by atoms with Gasteiger partial charge in [0.2, 0.25) is 0 Å². The van der Waals surface area contributed by atoms with Gasteiger partial charge in [-0.3, -0.25) is 9.78 Å². The molecular weight excluding hydrogens is 456 g/mol. The van der Waals surface area contributed by atoms with Gasteiger partial charge in [0.15, 0.2) is 0 Å². The summed E-state index contributed by atoms with van der Waals surface area (Å²) in [6.07, 6.45) is 1.05. The lowest BCUT2D eigenvalue weighted by Gasteiger charge is -2.23. The van der Waals surface area contributed by atoms with E-state index in [2.05, 4.69) is 30.9 Å². The fourth-order valence-electron chi connectivity index (χ4n) is 2.95. The smallest absolute Gasteiger partial charge is 0.255 e. The fourth-order valence-corrected chi connectivity index (χ4v) is 2.95. The van der Waals surface area contributed by atoms with Gasteiger partial charge in [-0.05, 0) is 45.9 Å². The molecule has 0 bridgehead atoms. The zero-order chi connectivity index (χ0) is 25.8. The number of amides is 1. The molecule has 0 aromatic carbocycles. The molecule has 0 unspecified atom stereocenters. The number of fused-ring (bicyclic) bond motifs is 1. The van der Waals surface area contributed by atoms with Crippen LogP contribution >= 0.6 is 0 Å². The van der Waals surface area contributed by atoms with E-state index in [-0.39, 0.29) is 17.8 Å². The molecule has 0 aliphatic carbocycles. The van der Waals surface area contributed by atoms with Crippen molar-refractivity contribution in [2.45, 2.75) is 45.1 Å². The third-order valence-electron chi connectivity index (χ3n) is 4.98. The van der Waals surface area contributed by atoms with Crippen molar-refractivity contribution in [3.8, 4) is 6.07 Å². The molecule has 0 fully saturated rings. The van der Waals surface area contributed by atoms with Crippen LogP contribution in [0.1, 0.15) is 43.6 Å². The molecule has 0 radical (unpaired) electrons. The number of hydrogen-bond acceptors (Lipinski definition) is 8. The summed E-state index contributed by atoms with van der Waals surface area (Å²) in [4.78, 5) is 25.5. The molecule has 1 atom stereocenters. The molecule has 3 rings (SSSR count). The number of halogens is 2. The molecule has 4 N–H and O–H groups in total. The predicted octanol–water partition coefficient (Wildman–Crippen LogP) is 3.64. The molecule has 9 nitrogen and oxygen atoms in total. The Morgan fingerprint density at radius 1 is 1.14 bits per heavy atom. The monoisotopic (exact) mass is 483 g/mol. The van der Waals surface area contributed by atoms with Crippen molar-refractivity contribution in [2.75, 3.05) is 23.7 Å². The maximum Gasteiger partial charge on any atom is 0.255 e. The van der Waals surface area contributed by atoms with Crippen LogP contribution in [0.15, 0.2) is 36.7 Å². The van der Waals surface area contributed by atoms with Crippen molar-refractivity contribution in [1.82, 2.24) is 20.3 Å². The van der Waals surface area contributed by atoms with E-state index >= 15 is 0 Å². The van der Waals surface area contributed by atoms with E-state index in [1.807, 2.05) is 6.07 Å². The van der Waals surface area contributed by atoms with E-state index in [1.54, 1.807) is 18.2 Å². The van der Waals surface area contributed by atoms with Gasteiger partial charge >= 0.3 is 0 Å². The Hall–Kier alpha value is -3.91. The molecule has 0 saturated carbocycles. The van der Waals surface area contributed by atoms with E-state index in [9.17, 15) is 18.7 Å². The minimum atomic E-state index is -1.68. The zero-order valence-electron chi connectivity index (χ0n) is 19.9. The molecule has 0 aliphatic heterocycles. The summed E-state index contributed by atoms with van der Waals surface area (Å²) in [5, 5.41) is 27.2. The first kappa shape index (κ1) is 25.7. The van der Waals surface area contributed by atoms with Gasteiger partial charge in [0, 0.05) is 25.0 Å². The number of carbonyl (C=O) groups is 1. The van der Waals surface area contributed by atoms with E-state index < -0.39 is 29.9 Å². The Morgan fingerprint density at radius 2 is 1.89 bits per heavy atom. The first-order valence-electron chi connectivity index (χ1n) is 10.9. The largest absolute Gasteiger partial charge is 0.387 e. The highest BCUT2D eigenvalue weighted by atomic mass is 19.1. The van der Waals surface area contributed by atoms with E-state index in [4.69, 9.17) is 5.26 Å². The highest BCUT2D eigenvalue weighted by Gasteiger charge is 2.27. The number of alkyl halides is 2. The van der Waals surface area contributed by atoms with Crippen LogP contribution in [-0.4, -0.2) is 56.5 Å². The van der Waals surface area contributed by atoms with Crippen LogP contribution in [0.25, 0.3) is 11.0 Å². The Labute approximate surface area is 201 Å². The highest BCUT2D eigenvalue weighted by Crippen LogP contribution is 2.24. The third kappa shape index (κ3) is 7.04. The van der Waals surface area contributed by atoms with Crippen molar-refractivity contribution >= 4 is 34.3 Å². The zero-order valence-corrected chi connectivity index (χ0v) is 19.9. The molecular formula is C24H27F2N7O2. The quantitative estimate of drug-likeness (QED) is 0.362. The summed E-state index contributed by atoms with van der Waals surface area (Å²) in [6, 6.07) is 8.55. The number of aromatic nitrogens is 3. The summed E-state index contributed by atoms with van der Waals surface area (Å²) in [7, 11) is 0. The minimum Gasteiger partial charge on any atom is -0.387 e. The normalized spacial score (nSPS) is 12.6. The van der Waals surface area contributed by atoms with Crippen LogP contribution in [0.4, 0.5) is 26.1 Å². The van der Waals surface area contributed by atoms with Crippen molar-refractivity contribution in [2.24, 2.45) is 0 Å². The van der Waals surface area contributed by atoms with Crippen LogP contribution in [0, 0.1) is 11.3 Å². The Morgan fingerprint density at radius 3 is 2.54 bits per heavy atom. The summed E-state index contributed by atoms with van der Waals surface area (Å²) < 4.78 is 28.2. The second kappa shape index (κ2) is 10.1. The second-order valence-corrected chi connectivity index (χ2v) is 9.21. The molecule has 3 heterocycles. The molecule has 0 spiro atoms. The molecule has 11 heteroatoms. The first-order chi connectivity index (χ1) is 16.4. The van der Waals surface area contributed by atoms with E-state index in [0.29, 0.717) is 28.2 Å². The van der Waals surface area contributed by atoms with E-state index in [0.717, 1.165) is 0 Å². The average molecular weight is 484 g/mol. The maximum absolute atomic E-state index is 14.1. The van der Waals surface area contributed by atoms with Gasteiger partial charge in [-0.1, -0.05) is 0 Å². The molecule has 35 heavy (non-hydrogen) atoms. The molecule has 0 aliphatic rings. The molecule has 3 aromatic heterocycles. The van der Waals surface area contributed by atoms with Gasteiger partial charge in [-0.25, -0.2) is 18.7 Å². The average Bonchev–Trinajstić information content (AvgIpc) is 2.79. The van der Waals surface area contributed by atoms with Crippen LogP contribution in [0.5, 0.6) is 0 Å². The van der Waals surface area contributed by atoms with Crippen LogP contribution in [-0.2, 0) is 0 Å². The fraction of sp³-hybridized carbons (Fsp3) is 0.375. The number of carbonyl (C=O) groups excluding carboxylic acids is 1. The van der Waals surface area contributed by atoms with Gasteiger partial charge in [-0.2, -0.15) is 5.26 Å². The minimum absolute atomic E-state index is 0.0806. The lowest BCUT2D eigenvalue weighted by atomic mass is 10.0. The number of nitriles is 1. The van der Waals surface area contributed by atoms with Crippen LogP contribution in [0.3, 0.4) is 0 Å². The van der Waals surface area contributed by atoms with Gasteiger partial charge in [-0.15, -0.1) is 0 Å². The standard InChI is InChI=1S/C24H27F2N7O2/c1-23(2,26)13-31-17-8-21(29-11-15(17)22(34)30-12-19(25)24(3,4)35)33-20-6-5-16-18(32-20)7-14(9-27)10-28-16/h5-8,10-11,19,35H,12-13H2,1-4H3,(H,30,34)(H2,29,31,32,33)/t19-/m1/s1. The number of aliphatic hydroxyl groups is 1. The molecule has 0 saturated heterocycles. The molecule has 1 amide bonds. The summed E-state index contributed by atoms with van der Waals surface area (Å²) in [5.41, 5.74) is -1.34. The van der Waals surface area contributed by atoms with Gasteiger partial charge < -0.3 is 21.1 Å². The van der Waals surface area contributed by atoms with Gasteiger partial charge in [0.1, 0.15) is 29.5 Å². The number of pyridine rings is 3. The van der Waals surface area contributed by atoms with Crippen LogP contribution < -0.4 is 16.0 Å². The summed E-state index contributed by atoms with van der Waals surface area (Å²) >= 11 is 0. The lowest BCUT2D eigenvalue weighted by Crippen LogP contribution is -2.42. The van der Waals surface area contributed by atoms with Crippen molar-refractivity contribution in [1.29, 1.82) is 5.26 Å². The predicted molar refractivity (Wildman–Crippen MR) is 129 cm³/mol. The van der Waals surface area contributed by atoms with Crippen molar-refractivity contribution < 1.29 is 18.7 Å². The van der Waals surface area contributed by atoms with E-state index in [1.165, 1.54) is 46.2 Å². The van der Waals surface area contributed by atoms with Gasteiger partial charge in [0.25, 0.3) is 5.91 Å². The second-order valence-electron chi connectivity index (χ2n) is 9.21. The third-order valence-corrected chi connectivity index (χ3v) is 4.98. The lowest BCUT2D eigenvalue weighted by molar-refractivity contribution is -0.00177. The number of anilines is 3. The Balaban J connectivity index is 1.85. The SMILES string of the molecule is CC(C)(F)CNc1cc(Nc2ccc3ncc(C#N)cc3n2)ncc1C(=O)NC[C@@H](F)C(C)(C)O. The number of nitrogens with one attached hydrogen (secondary N) is 3.